The van der Waals surface area contributed by atoms with Gasteiger partial charge in [-0.15, -0.1) is 0 Å². The standard InChI is InChI=1S/C25H25FN6O2S/c1-29(15-18-5-3-2-4-6-18)25-28-23-22(35-25)24(34)32(17-27-23)16-21(33)31-13-11-30(12-14-31)20-9-7-19(26)8-10-20/h2-10,17H,11-16H2,1H3. The van der Waals surface area contributed by atoms with Crippen LogP contribution in [0, 0.1) is 5.82 Å². The highest BCUT2D eigenvalue weighted by atomic mass is 32.1. The number of hydrogen-bond donors (Lipinski definition) is 0. The predicted molar refractivity (Wildman–Crippen MR) is 135 cm³/mol. The number of carbonyl (C=O) groups excluding carboxylic acids is 1. The van der Waals surface area contributed by atoms with Crippen molar-refractivity contribution >= 4 is 38.4 Å². The van der Waals surface area contributed by atoms with Crippen LogP contribution in [-0.2, 0) is 17.9 Å². The Bertz CT molecular complexity index is 1380. The summed E-state index contributed by atoms with van der Waals surface area (Å²) in [4.78, 5) is 40.7. The summed E-state index contributed by atoms with van der Waals surface area (Å²) in [6, 6.07) is 16.4. The smallest absolute Gasteiger partial charge is 0.273 e. The normalized spacial score (nSPS) is 13.9. The molecule has 5 rings (SSSR count). The Labute approximate surface area is 205 Å². The van der Waals surface area contributed by atoms with Crippen LogP contribution in [0.15, 0.2) is 65.7 Å². The minimum atomic E-state index is -0.269. The van der Waals surface area contributed by atoms with E-state index in [0.29, 0.717) is 48.2 Å². The van der Waals surface area contributed by atoms with Gasteiger partial charge in [-0.3, -0.25) is 14.2 Å². The number of rotatable bonds is 6. The van der Waals surface area contributed by atoms with E-state index in [4.69, 9.17) is 0 Å². The fraction of sp³-hybridized carbons (Fsp3) is 0.280. The molecule has 1 fully saturated rings. The summed E-state index contributed by atoms with van der Waals surface area (Å²) >= 11 is 1.29. The van der Waals surface area contributed by atoms with E-state index >= 15 is 0 Å². The van der Waals surface area contributed by atoms with Gasteiger partial charge in [0.25, 0.3) is 5.56 Å². The highest BCUT2D eigenvalue weighted by molar-refractivity contribution is 7.22. The van der Waals surface area contributed by atoms with E-state index in [1.807, 2.05) is 42.3 Å². The van der Waals surface area contributed by atoms with Crippen molar-refractivity contribution in [2.24, 2.45) is 0 Å². The first kappa shape index (κ1) is 23.0. The van der Waals surface area contributed by atoms with E-state index in [1.165, 1.54) is 34.4 Å². The molecule has 0 atom stereocenters. The van der Waals surface area contributed by atoms with Crippen molar-refractivity contribution in [2.75, 3.05) is 43.0 Å². The van der Waals surface area contributed by atoms with Crippen LogP contribution in [-0.4, -0.2) is 58.6 Å². The summed E-state index contributed by atoms with van der Waals surface area (Å²) in [5.41, 5.74) is 2.21. The third kappa shape index (κ3) is 5.02. The van der Waals surface area contributed by atoms with Gasteiger partial charge in [-0.1, -0.05) is 41.7 Å². The number of hydrogen-bond acceptors (Lipinski definition) is 7. The lowest BCUT2D eigenvalue weighted by Crippen LogP contribution is -2.50. The zero-order valence-corrected chi connectivity index (χ0v) is 20.1. The summed E-state index contributed by atoms with van der Waals surface area (Å²) < 4.78 is 15.0. The molecule has 2 aromatic carbocycles. The van der Waals surface area contributed by atoms with Crippen LogP contribution in [0.2, 0.25) is 0 Å². The van der Waals surface area contributed by atoms with Crippen molar-refractivity contribution in [1.82, 2.24) is 19.4 Å². The molecule has 0 saturated carbocycles. The largest absolute Gasteiger partial charge is 0.368 e. The van der Waals surface area contributed by atoms with Gasteiger partial charge in [0.1, 0.15) is 23.4 Å². The number of carbonyl (C=O) groups is 1. The number of halogens is 1. The number of thiazole rings is 1. The zero-order valence-electron chi connectivity index (χ0n) is 19.3. The molecule has 1 amide bonds. The molecule has 8 nitrogen and oxygen atoms in total. The van der Waals surface area contributed by atoms with Crippen molar-refractivity contribution in [2.45, 2.75) is 13.1 Å². The maximum atomic E-state index is 13.2. The van der Waals surface area contributed by atoms with Crippen molar-refractivity contribution in [3.63, 3.8) is 0 Å². The monoisotopic (exact) mass is 492 g/mol. The predicted octanol–water partition coefficient (Wildman–Crippen LogP) is 2.98. The SMILES string of the molecule is CN(Cc1ccccc1)c1nc2ncn(CC(=O)N3CCN(c4ccc(F)cc4)CC3)c(=O)c2s1. The minimum Gasteiger partial charge on any atom is -0.368 e. The molecule has 0 bridgehead atoms. The Hall–Kier alpha value is -3.79. The van der Waals surface area contributed by atoms with Crippen molar-refractivity contribution in [3.05, 3.63) is 82.7 Å². The molecule has 1 aliphatic rings. The van der Waals surface area contributed by atoms with Gasteiger partial charge in [0, 0.05) is 45.5 Å². The van der Waals surface area contributed by atoms with Crippen molar-refractivity contribution in [3.8, 4) is 0 Å². The fourth-order valence-corrected chi connectivity index (χ4v) is 5.08. The van der Waals surface area contributed by atoms with Gasteiger partial charge in [0.2, 0.25) is 5.91 Å². The third-order valence-corrected chi connectivity index (χ3v) is 7.24. The van der Waals surface area contributed by atoms with Crippen LogP contribution < -0.4 is 15.4 Å². The molecular formula is C25H25FN6O2S. The molecule has 1 aliphatic heterocycles. The van der Waals surface area contributed by atoms with Gasteiger partial charge in [0.15, 0.2) is 10.8 Å². The molecule has 0 N–H and O–H groups in total. The van der Waals surface area contributed by atoms with Gasteiger partial charge >= 0.3 is 0 Å². The highest BCUT2D eigenvalue weighted by Gasteiger charge is 2.23. The van der Waals surface area contributed by atoms with Gasteiger partial charge in [-0.2, -0.15) is 4.98 Å². The molecule has 0 aliphatic carbocycles. The Balaban J connectivity index is 1.24. The van der Waals surface area contributed by atoms with Gasteiger partial charge in [-0.05, 0) is 29.8 Å². The molecule has 0 radical (unpaired) electrons. The van der Waals surface area contributed by atoms with Crippen LogP contribution in [0.4, 0.5) is 15.2 Å². The number of fused-ring (bicyclic) bond motifs is 1. The van der Waals surface area contributed by atoms with Crippen molar-refractivity contribution in [1.29, 1.82) is 0 Å². The molecule has 0 spiro atoms. The summed E-state index contributed by atoms with van der Waals surface area (Å²) in [6.45, 7) is 2.97. The molecule has 35 heavy (non-hydrogen) atoms. The van der Waals surface area contributed by atoms with E-state index in [9.17, 15) is 14.0 Å². The highest BCUT2D eigenvalue weighted by Crippen LogP contribution is 2.25. The number of anilines is 2. The Morgan fingerprint density at radius 2 is 1.77 bits per heavy atom. The van der Waals surface area contributed by atoms with Gasteiger partial charge in [-0.25, -0.2) is 9.37 Å². The molecule has 10 heteroatoms. The van der Waals surface area contributed by atoms with Gasteiger partial charge in [0.05, 0.1) is 0 Å². The van der Waals surface area contributed by atoms with E-state index in [-0.39, 0.29) is 23.8 Å². The van der Waals surface area contributed by atoms with E-state index in [0.717, 1.165) is 11.3 Å². The average Bonchev–Trinajstić information content (AvgIpc) is 3.32. The number of amides is 1. The molecule has 1 saturated heterocycles. The first-order valence-electron chi connectivity index (χ1n) is 11.4. The van der Waals surface area contributed by atoms with E-state index in [1.54, 1.807) is 17.0 Å². The van der Waals surface area contributed by atoms with Gasteiger partial charge < -0.3 is 14.7 Å². The Morgan fingerprint density at radius 1 is 1.06 bits per heavy atom. The minimum absolute atomic E-state index is 0.0641. The Kier molecular flexibility index (Phi) is 6.45. The van der Waals surface area contributed by atoms with E-state index in [2.05, 4.69) is 14.9 Å². The summed E-state index contributed by atoms with van der Waals surface area (Å²) in [6.07, 6.45) is 1.40. The molecule has 4 aromatic rings. The summed E-state index contributed by atoms with van der Waals surface area (Å²) in [5.74, 6) is -0.396. The van der Waals surface area contributed by atoms with Crippen LogP contribution >= 0.6 is 11.3 Å². The van der Waals surface area contributed by atoms with E-state index < -0.39 is 0 Å². The quantitative estimate of drug-likeness (QED) is 0.412. The lowest BCUT2D eigenvalue weighted by atomic mass is 10.2. The second-order valence-corrected chi connectivity index (χ2v) is 9.49. The van der Waals surface area contributed by atoms with Crippen LogP contribution in [0.25, 0.3) is 10.3 Å². The summed E-state index contributed by atoms with van der Waals surface area (Å²) in [7, 11) is 1.93. The number of benzene rings is 2. The first-order valence-corrected chi connectivity index (χ1v) is 12.2. The van der Waals surface area contributed by atoms with Crippen LogP contribution in [0.1, 0.15) is 5.56 Å². The first-order chi connectivity index (χ1) is 17.0. The second-order valence-electron chi connectivity index (χ2n) is 8.51. The number of aromatic nitrogens is 3. The number of nitrogens with zero attached hydrogens (tertiary/aromatic N) is 6. The molecule has 0 unspecified atom stereocenters. The molecule has 3 heterocycles. The van der Waals surface area contributed by atoms with Crippen LogP contribution in [0.3, 0.4) is 0 Å². The molecular weight excluding hydrogens is 467 g/mol. The summed E-state index contributed by atoms with van der Waals surface area (Å²) in [5, 5.41) is 0.703. The topological polar surface area (TPSA) is 74.6 Å². The Morgan fingerprint density at radius 3 is 2.49 bits per heavy atom. The lowest BCUT2D eigenvalue weighted by Gasteiger charge is -2.36. The maximum Gasteiger partial charge on any atom is 0.273 e. The lowest BCUT2D eigenvalue weighted by molar-refractivity contribution is -0.132. The zero-order chi connectivity index (χ0) is 24.4. The molecule has 2 aromatic heterocycles. The van der Waals surface area contributed by atoms with Crippen molar-refractivity contribution < 1.29 is 9.18 Å². The number of piperazine rings is 1. The van der Waals surface area contributed by atoms with Crippen LogP contribution in [0.5, 0.6) is 0 Å². The third-order valence-electron chi connectivity index (χ3n) is 6.09. The second kappa shape index (κ2) is 9.83. The maximum absolute atomic E-state index is 13.2. The average molecular weight is 493 g/mol. The fourth-order valence-electron chi connectivity index (χ4n) is 4.15. The molecule has 180 valence electrons.